The maximum absolute atomic E-state index is 13.5. The number of halogens is 2. The molecule has 4 rings (SSSR count). The average molecular weight is 442 g/mol. The van der Waals surface area contributed by atoms with E-state index in [0.717, 1.165) is 16.7 Å². The number of fused-ring (bicyclic) bond motifs is 1. The molecule has 1 unspecified atom stereocenters. The molecule has 0 saturated heterocycles. The Labute approximate surface area is 185 Å². The summed E-state index contributed by atoms with van der Waals surface area (Å²) in [4.78, 5) is 15.4. The maximum Gasteiger partial charge on any atom is 0.256 e. The van der Waals surface area contributed by atoms with E-state index in [9.17, 15) is 4.79 Å². The molecule has 1 aliphatic rings. The molecule has 3 aromatic carbocycles. The van der Waals surface area contributed by atoms with Crippen LogP contribution in [0.4, 0.5) is 0 Å². The van der Waals surface area contributed by atoms with Gasteiger partial charge in [0.05, 0.1) is 30.8 Å². The van der Waals surface area contributed by atoms with Crippen LogP contribution in [0.2, 0.25) is 10.0 Å². The third-order valence-corrected chi connectivity index (χ3v) is 5.96. The van der Waals surface area contributed by atoms with Crippen LogP contribution < -0.4 is 9.47 Å². The molecule has 0 aliphatic carbocycles. The summed E-state index contributed by atoms with van der Waals surface area (Å²) >= 11 is 12.4. The Morgan fingerprint density at radius 1 is 0.967 bits per heavy atom. The van der Waals surface area contributed by atoms with Crippen LogP contribution in [0.5, 0.6) is 11.5 Å². The minimum atomic E-state index is -0.269. The lowest BCUT2D eigenvalue weighted by Gasteiger charge is -2.38. The predicted octanol–water partition coefficient (Wildman–Crippen LogP) is 5.80. The van der Waals surface area contributed by atoms with Crippen LogP contribution in [0, 0.1) is 0 Å². The van der Waals surface area contributed by atoms with Gasteiger partial charge >= 0.3 is 0 Å². The van der Waals surface area contributed by atoms with Gasteiger partial charge in [-0.2, -0.15) is 0 Å². The smallest absolute Gasteiger partial charge is 0.256 e. The molecular weight excluding hydrogens is 421 g/mol. The lowest BCUT2D eigenvalue weighted by Crippen LogP contribution is -2.40. The van der Waals surface area contributed by atoms with Gasteiger partial charge in [-0.05, 0) is 53.4 Å². The second-order valence-electron chi connectivity index (χ2n) is 7.09. The van der Waals surface area contributed by atoms with Crippen molar-refractivity contribution in [3.8, 4) is 11.5 Å². The van der Waals surface area contributed by atoms with E-state index >= 15 is 0 Å². The van der Waals surface area contributed by atoms with Crippen LogP contribution in [-0.4, -0.2) is 31.6 Å². The number of carbonyl (C=O) groups is 1. The van der Waals surface area contributed by atoms with Crippen molar-refractivity contribution in [3.05, 3.63) is 93.0 Å². The van der Waals surface area contributed by atoms with Crippen LogP contribution >= 0.6 is 23.2 Å². The monoisotopic (exact) mass is 441 g/mol. The van der Waals surface area contributed by atoms with Gasteiger partial charge in [0.15, 0.2) is 11.5 Å². The fraction of sp³-hybridized carbons (Fsp3) is 0.208. The van der Waals surface area contributed by atoms with Gasteiger partial charge in [-0.1, -0.05) is 53.5 Å². The Bertz CT molecular complexity index is 1090. The third-order valence-electron chi connectivity index (χ3n) is 5.41. The first-order chi connectivity index (χ1) is 14.5. The predicted molar refractivity (Wildman–Crippen MR) is 119 cm³/mol. The van der Waals surface area contributed by atoms with Crippen molar-refractivity contribution >= 4 is 29.1 Å². The van der Waals surface area contributed by atoms with E-state index in [1.807, 2.05) is 47.4 Å². The largest absolute Gasteiger partial charge is 0.493 e. The van der Waals surface area contributed by atoms with Crippen LogP contribution in [0.3, 0.4) is 0 Å². The maximum atomic E-state index is 13.5. The summed E-state index contributed by atoms with van der Waals surface area (Å²) in [6.45, 7) is 0.555. The van der Waals surface area contributed by atoms with Gasteiger partial charge in [0.2, 0.25) is 0 Å². The molecule has 0 bridgehead atoms. The van der Waals surface area contributed by atoms with E-state index in [2.05, 4.69) is 0 Å². The Morgan fingerprint density at radius 2 is 1.67 bits per heavy atom. The van der Waals surface area contributed by atoms with Crippen molar-refractivity contribution < 1.29 is 14.3 Å². The molecule has 0 fully saturated rings. The molecule has 6 heteroatoms. The van der Waals surface area contributed by atoms with Gasteiger partial charge in [0.25, 0.3) is 5.91 Å². The minimum Gasteiger partial charge on any atom is -0.493 e. The highest BCUT2D eigenvalue weighted by atomic mass is 35.5. The van der Waals surface area contributed by atoms with E-state index in [1.54, 1.807) is 32.4 Å². The number of methoxy groups -OCH3 is 2. The second-order valence-corrected chi connectivity index (χ2v) is 7.94. The molecule has 1 aliphatic heterocycles. The second kappa shape index (κ2) is 8.58. The van der Waals surface area contributed by atoms with E-state index in [1.165, 1.54) is 0 Å². The van der Waals surface area contributed by atoms with Gasteiger partial charge in [-0.3, -0.25) is 4.79 Å². The fourth-order valence-electron chi connectivity index (χ4n) is 3.98. The van der Waals surface area contributed by atoms with E-state index < -0.39 is 0 Å². The summed E-state index contributed by atoms with van der Waals surface area (Å²) in [5.41, 5.74) is 3.60. The number of nitrogens with zero attached hydrogens (tertiary/aromatic N) is 1. The van der Waals surface area contributed by atoms with Gasteiger partial charge in [0, 0.05) is 11.6 Å². The SMILES string of the molecule is COc1cc2c(cc1OC)C(c1ccccc1)N(C(=O)c1ccc(Cl)cc1Cl)CC2. The van der Waals surface area contributed by atoms with Crippen LogP contribution in [0.1, 0.15) is 33.1 Å². The molecule has 30 heavy (non-hydrogen) atoms. The summed E-state index contributed by atoms with van der Waals surface area (Å²) in [5, 5.41) is 0.842. The first kappa shape index (κ1) is 20.6. The zero-order chi connectivity index (χ0) is 21.3. The summed E-state index contributed by atoms with van der Waals surface area (Å²) in [6.07, 6.45) is 0.704. The summed E-state index contributed by atoms with van der Waals surface area (Å²) < 4.78 is 11.0. The lowest BCUT2D eigenvalue weighted by molar-refractivity contribution is 0.0694. The highest BCUT2D eigenvalue weighted by Gasteiger charge is 2.34. The van der Waals surface area contributed by atoms with Gasteiger partial charge in [0.1, 0.15) is 0 Å². The van der Waals surface area contributed by atoms with Crippen LogP contribution in [0.25, 0.3) is 0 Å². The summed E-state index contributed by atoms with van der Waals surface area (Å²) in [6, 6.07) is 18.6. The molecule has 1 atom stereocenters. The molecule has 0 aromatic heterocycles. The highest BCUT2D eigenvalue weighted by Crippen LogP contribution is 2.41. The summed E-state index contributed by atoms with van der Waals surface area (Å²) in [7, 11) is 3.24. The molecule has 1 heterocycles. The third kappa shape index (κ3) is 3.73. The minimum absolute atomic E-state index is 0.133. The Hall–Kier alpha value is -2.69. The lowest BCUT2D eigenvalue weighted by atomic mass is 9.87. The van der Waals surface area contributed by atoms with Gasteiger partial charge in [-0.15, -0.1) is 0 Å². The standard InChI is InChI=1S/C24H21Cl2NO3/c1-29-21-12-16-10-11-27(24(28)18-9-8-17(25)13-20(18)26)23(15-6-4-3-5-7-15)19(16)14-22(21)30-2/h3-9,12-14,23H,10-11H2,1-2H3. The van der Waals surface area contributed by atoms with Crippen molar-refractivity contribution in [2.45, 2.75) is 12.5 Å². The number of rotatable bonds is 4. The molecule has 0 radical (unpaired) electrons. The van der Waals surface area contributed by atoms with Crippen molar-refractivity contribution in [2.75, 3.05) is 20.8 Å². The molecular formula is C24H21Cl2NO3. The van der Waals surface area contributed by atoms with Gasteiger partial charge < -0.3 is 14.4 Å². The fourth-order valence-corrected chi connectivity index (χ4v) is 4.47. The molecule has 0 spiro atoms. The Morgan fingerprint density at radius 3 is 2.33 bits per heavy atom. The Balaban J connectivity index is 1.85. The Kier molecular flexibility index (Phi) is 5.89. The number of carbonyl (C=O) groups excluding carboxylic acids is 1. The normalized spacial score (nSPS) is 15.5. The number of ether oxygens (including phenoxy) is 2. The number of hydrogen-bond donors (Lipinski definition) is 0. The first-order valence-electron chi connectivity index (χ1n) is 9.59. The van der Waals surface area contributed by atoms with Crippen molar-refractivity contribution in [3.63, 3.8) is 0 Å². The van der Waals surface area contributed by atoms with Crippen molar-refractivity contribution in [1.29, 1.82) is 0 Å². The quantitative estimate of drug-likeness (QED) is 0.513. The van der Waals surface area contributed by atoms with E-state index in [4.69, 9.17) is 32.7 Å². The number of amides is 1. The van der Waals surface area contributed by atoms with Crippen LogP contribution in [0.15, 0.2) is 60.7 Å². The number of benzene rings is 3. The van der Waals surface area contributed by atoms with Gasteiger partial charge in [-0.25, -0.2) is 0 Å². The molecule has 1 amide bonds. The molecule has 0 N–H and O–H groups in total. The van der Waals surface area contributed by atoms with Crippen LogP contribution in [-0.2, 0) is 6.42 Å². The molecule has 4 nitrogen and oxygen atoms in total. The van der Waals surface area contributed by atoms with E-state index in [-0.39, 0.29) is 11.9 Å². The topological polar surface area (TPSA) is 38.8 Å². The molecule has 3 aromatic rings. The average Bonchev–Trinajstić information content (AvgIpc) is 2.77. The molecule has 154 valence electrons. The number of hydrogen-bond acceptors (Lipinski definition) is 3. The highest BCUT2D eigenvalue weighted by molar-refractivity contribution is 6.36. The zero-order valence-electron chi connectivity index (χ0n) is 16.7. The first-order valence-corrected chi connectivity index (χ1v) is 10.3. The van der Waals surface area contributed by atoms with Crippen molar-refractivity contribution in [2.24, 2.45) is 0 Å². The van der Waals surface area contributed by atoms with Crippen molar-refractivity contribution in [1.82, 2.24) is 4.90 Å². The zero-order valence-corrected chi connectivity index (χ0v) is 18.2. The molecule has 0 saturated carbocycles. The summed E-state index contributed by atoms with van der Waals surface area (Å²) in [5.74, 6) is 1.19. The van der Waals surface area contributed by atoms with E-state index in [0.29, 0.717) is 40.1 Å².